The molecule has 0 N–H and O–H groups in total. The molecule has 0 aliphatic carbocycles. The van der Waals surface area contributed by atoms with Gasteiger partial charge in [0.25, 0.3) is 0 Å². The zero-order valence-corrected chi connectivity index (χ0v) is 5.59. The largest absolute Gasteiger partial charge is 0.393 e. The number of ether oxygens (including phenoxy) is 1. The van der Waals surface area contributed by atoms with E-state index in [-0.39, 0.29) is 20.5 Å². The van der Waals surface area contributed by atoms with Crippen LogP contribution in [0.5, 0.6) is 0 Å². The maximum Gasteiger partial charge on any atom is 0.320 e. The highest BCUT2D eigenvalue weighted by Gasteiger charge is 2.31. The molecule has 5 heteroatoms. The van der Waals surface area contributed by atoms with Crippen molar-refractivity contribution in [3.63, 3.8) is 0 Å². The van der Waals surface area contributed by atoms with Gasteiger partial charge in [0.1, 0.15) is 7.57 Å². The summed E-state index contributed by atoms with van der Waals surface area (Å²) in [6.45, 7) is 0. The fourth-order valence-electron chi connectivity index (χ4n) is 0.602. The molecule has 0 amide bonds. The van der Waals surface area contributed by atoms with E-state index in [1.54, 1.807) is 0 Å². The highest BCUT2D eigenvalue weighted by Crippen LogP contribution is 2.23. The van der Waals surface area contributed by atoms with Gasteiger partial charge in [-0.05, 0) is 0 Å². The van der Waals surface area contributed by atoms with Crippen LogP contribution in [0, 0.1) is 0 Å². The first-order chi connectivity index (χ1) is 4.24. The van der Waals surface area contributed by atoms with Gasteiger partial charge in [0, 0.05) is 0 Å². The summed E-state index contributed by atoms with van der Waals surface area (Å²) in [5, 5.41) is 0. The van der Waals surface area contributed by atoms with Crippen LogP contribution < -0.4 is 0 Å². The zero-order valence-electron chi connectivity index (χ0n) is 4.59. The topological polar surface area (TPSA) is 43.4 Å². The van der Waals surface area contributed by atoms with E-state index in [1.807, 2.05) is 0 Å². The van der Waals surface area contributed by atoms with Crippen molar-refractivity contribution in [2.24, 2.45) is 0 Å². The lowest BCUT2D eigenvalue weighted by Crippen LogP contribution is -2.06. The summed E-state index contributed by atoms with van der Waals surface area (Å²) < 4.78 is 4.21. The molecule has 0 aromatic carbocycles. The van der Waals surface area contributed by atoms with Crippen molar-refractivity contribution < 1.29 is 14.3 Å². The molecule has 9 heavy (non-hydrogen) atoms. The van der Waals surface area contributed by atoms with Gasteiger partial charge < -0.3 is 4.74 Å². The standard InChI is InChI=1S/C4H4BO3P/c5-9-2-1-3(6)8-4(2)7/h2,9H,1H2. The Bertz CT molecular complexity index is 158. The lowest BCUT2D eigenvalue weighted by molar-refractivity contribution is -0.151. The van der Waals surface area contributed by atoms with E-state index < -0.39 is 11.9 Å². The number of carbonyl (C=O) groups excluding carboxylic acids is 2. The number of hydrogen-bond acceptors (Lipinski definition) is 3. The molecule has 2 radical (unpaired) electrons. The summed E-state index contributed by atoms with van der Waals surface area (Å²) >= 11 is 0. The van der Waals surface area contributed by atoms with E-state index in [0.717, 1.165) is 0 Å². The molecule has 1 heterocycles. The van der Waals surface area contributed by atoms with Crippen molar-refractivity contribution in [2.45, 2.75) is 12.1 Å². The number of carbonyl (C=O) groups is 2. The molecule has 3 nitrogen and oxygen atoms in total. The van der Waals surface area contributed by atoms with E-state index in [2.05, 4.69) is 4.74 Å². The Balaban J connectivity index is 2.58. The molecule has 1 aliphatic rings. The summed E-state index contributed by atoms with van der Waals surface area (Å²) in [4.78, 5) is 20.8. The van der Waals surface area contributed by atoms with Gasteiger partial charge in [0.2, 0.25) is 0 Å². The number of hydrogen-bond donors (Lipinski definition) is 0. The average molecular weight is 142 g/mol. The van der Waals surface area contributed by atoms with Crippen molar-refractivity contribution >= 4 is 28.0 Å². The molecule has 1 fully saturated rings. The third kappa shape index (κ3) is 1.30. The van der Waals surface area contributed by atoms with Crippen molar-refractivity contribution in [3.8, 4) is 0 Å². The van der Waals surface area contributed by atoms with E-state index in [1.165, 1.54) is 0 Å². The van der Waals surface area contributed by atoms with Crippen LogP contribution in [0.15, 0.2) is 0 Å². The van der Waals surface area contributed by atoms with Gasteiger partial charge in [-0.3, -0.25) is 9.59 Å². The first-order valence-corrected chi connectivity index (χ1v) is 3.60. The lowest BCUT2D eigenvalue weighted by Gasteiger charge is -1.94. The average Bonchev–Trinajstić information content (AvgIpc) is 2.10. The van der Waals surface area contributed by atoms with Gasteiger partial charge in [0.15, 0.2) is 0 Å². The molecule has 0 aromatic rings. The first-order valence-electron chi connectivity index (χ1n) is 2.44. The fourth-order valence-corrected chi connectivity index (χ4v) is 1.08. The summed E-state index contributed by atoms with van der Waals surface area (Å²) in [7, 11) is 5.14. The van der Waals surface area contributed by atoms with Crippen LogP contribution in [-0.4, -0.2) is 25.2 Å². The quantitative estimate of drug-likeness (QED) is 0.216. The highest BCUT2D eigenvalue weighted by molar-refractivity contribution is 7.67. The monoisotopic (exact) mass is 142 g/mol. The molecular weight excluding hydrogens is 138 g/mol. The molecule has 2 atom stereocenters. The Labute approximate surface area is 55.3 Å². The maximum atomic E-state index is 10.5. The second-order valence-corrected chi connectivity index (χ2v) is 2.75. The van der Waals surface area contributed by atoms with Crippen LogP contribution in [-0.2, 0) is 14.3 Å². The van der Waals surface area contributed by atoms with Crippen LogP contribution in [0.4, 0.5) is 0 Å². The zero-order chi connectivity index (χ0) is 6.85. The van der Waals surface area contributed by atoms with Crippen LogP contribution in [0.25, 0.3) is 0 Å². The second kappa shape index (κ2) is 2.48. The Morgan fingerprint density at radius 3 is 2.56 bits per heavy atom. The Kier molecular flexibility index (Phi) is 1.86. The van der Waals surface area contributed by atoms with Gasteiger partial charge in [-0.15, -0.1) is 0 Å². The van der Waals surface area contributed by atoms with Crippen LogP contribution >= 0.6 is 8.46 Å². The number of cyclic esters (lactones) is 2. The molecule has 46 valence electrons. The summed E-state index contributed by atoms with van der Waals surface area (Å²) in [6.07, 6.45) is 0.160. The second-order valence-electron chi connectivity index (χ2n) is 1.72. The Hall–Kier alpha value is -0.365. The summed E-state index contributed by atoms with van der Waals surface area (Å²) in [5.74, 6) is -0.927. The molecule has 2 unspecified atom stereocenters. The minimum Gasteiger partial charge on any atom is -0.393 e. The van der Waals surface area contributed by atoms with Gasteiger partial charge in [-0.2, -0.15) is 8.46 Å². The molecule has 1 aliphatic heterocycles. The van der Waals surface area contributed by atoms with E-state index in [9.17, 15) is 9.59 Å². The molecular formula is C4H4BO3P. The van der Waals surface area contributed by atoms with E-state index >= 15 is 0 Å². The molecule has 1 rings (SSSR count). The Morgan fingerprint density at radius 2 is 2.33 bits per heavy atom. The minimum atomic E-state index is -0.471. The minimum absolute atomic E-state index is 0.0177. The molecule has 0 saturated carbocycles. The van der Waals surface area contributed by atoms with Gasteiger partial charge >= 0.3 is 11.9 Å². The third-order valence-corrected chi connectivity index (χ3v) is 1.91. The van der Waals surface area contributed by atoms with Gasteiger partial charge in [-0.25, -0.2) is 0 Å². The highest BCUT2D eigenvalue weighted by atomic mass is 31.1. The van der Waals surface area contributed by atoms with E-state index in [4.69, 9.17) is 7.57 Å². The van der Waals surface area contributed by atoms with Crippen LogP contribution in [0.3, 0.4) is 0 Å². The Morgan fingerprint density at radius 1 is 1.67 bits per heavy atom. The van der Waals surface area contributed by atoms with Crippen molar-refractivity contribution in [1.82, 2.24) is 0 Å². The number of esters is 2. The molecule has 0 aromatic heterocycles. The predicted molar refractivity (Wildman–Crippen MR) is 33.6 cm³/mol. The van der Waals surface area contributed by atoms with Crippen molar-refractivity contribution in [2.75, 3.05) is 0 Å². The normalized spacial score (nSPS) is 27.8. The molecule has 1 saturated heterocycles. The third-order valence-electron chi connectivity index (χ3n) is 1.07. The molecule has 0 bridgehead atoms. The first kappa shape index (κ1) is 6.75. The van der Waals surface area contributed by atoms with Gasteiger partial charge in [0.05, 0.1) is 12.1 Å². The van der Waals surface area contributed by atoms with Crippen molar-refractivity contribution in [1.29, 1.82) is 0 Å². The lowest BCUT2D eigenvalue weighted by atomic mass is 10.3. The summed E-state index contributed by atoms with van der Waals surface area (Å²) in [5.41, 5.74) is -0.363. The van der Waals surface area contributed by atoms with Crippen LogP contribution in [0.2, 0.25) is 0 Å². The summed E-state index contributed by atoms with van der Waals surface area (Å²) in [6, 6.07) is 0. The maximum absolute atomic E-state index is 10.5. The van der Waals surface area contributed by atoms with E-state index in [0.29, 0.717) is 0 Å². The SMILES string of the molecule is [B]PC1CC(=O)OC1=O. The van der Waals surface area contributed by atoms with Gasteiger partial charge in [-0.1, -0.05) is 0 Å². The smallest absolute Gasteiger partial charge is 0.320 e. The fraction of sp³-hybridized carbons (Fsp3) is 0.500. The predicted octanol–water partition coefficient (Wildman–Crippen LogP) is -0.410. The van der Waals surface area contributed by atoms with Crippen molar-refractivity contribution in [3.05, 3.63) is 0 Å². The number of rotatable bonds is 1. The van der Waals surface area contributed by atoms with Crippen LogP contribution in [0.1, 0.15) is 6.42 Å². The molecule has 0 spiro atoms.